The number of rotatable bonds is 6. The first-order valence-electron chi connectivity index (χ1n) is 7.38. The lowest BCUT2D eigenvalue weighted by Crippen LogP contribution is -2.20. The molecule has 0 aliphatic rings. The minimum absolute atomic E-state index is 0.215. The van der Waals surface area contributed by atoms with Crippen LogP contribution in [0.3, 0.4) is 0 Å². The van der Waals surface area contributed by atoms with Gasteiger partial charge in [0, 0.05) is 12.6 Å². The summed E-state index contributed by atoms with van der Waals surface area (Å²) in [7, 11) is 0. The van der Waals surface area contributed by atoms with Gasteiger partial charge in [-0.25, -0.2) is 4.39 Å². The van der Waals surface area contributed by atoms with E-state index in [1.165, 1.54) is 6.07 Å². The first-order valence-corrected chi connectivity index (χ1v) is 7.38. The molecule has 4 heteroatoms. The van der Waals surface area contributed by atoms with Gasteiger partial charge in [-0.15, -0.1) is 0 Å². The standard InChI is InChI=1S/C17H22FN3/c1-4-19-13(3)16-11-10-14(12-20-16)21(5-2)17-9-7-6-8-15(17)18/h6-13,19H,4-5H2,1-3H3. The molecule has 0 saturated carbocycles. The minimum Gasteiger partial charge on any atom is -0.338 e. The van der Waals surface area contributed by atoms with E-state index < -0.39 is 0 Å². The molecule has 0 aliphatic carbocycles. The van der Waals surface area contributed by atoms with Gasteiger partial charge in [-0.1, -0.05) is 19.1 Å². The van der Waals surface area contributed by atoms with Crippen LogP contribution in [0, 0.1) is 5.82 Å². The van der Waals surface area contributed by atoms with Crippen molar-refractivity contribution in [3.63, 3.8) is 0 Å². The summed E-state index contributed by atoms with van der Waals surface area (Å²) < 4.78 is 13.9. The number of anilines is 2. The second-order valence-corrected chi connectivity index (χ2v) is 4.92. The molecule has 0 aliphatic heterocycles. The number of halogens is 1. The predicted molar refractivity (Wildman–Crippen MR) is 85.4 cm³/mol. The maximum atomic E-state index is 13.9. The van der Waals surface area contributed by atoms with Crippen LogP contribution >= 0.6 is 0 Å². The van der Waals surface area contributed by atoms with E-state index in [4.69, 9.17) is 0 Å². The number of nitrogens with zero attached hydrogens (tertiary/aromatic N) is 2. The fourth-order valence-electron chi connectivity index (χ4n) is 2.39. The van der Waals surface area contributed by atoms with Crippen molar-refractivity contribution in [2.24, 2.45) is 0 Å². The number of nitrogens with one attached hydrogen (secondary N) is 1. The van der Waals surface area contributed by atoms with Crippen molar-refractivity contribution in [1.82, 2.24) is 10.3 Å². The lowest BCUT2D eigenvalue weighted by molar-refractivity contribution is 0.583. The van der Waals surface area contributed by atoms with Crippen molar-refractivity contribution < 1.29 is 4.39 Å². The lowest BCUT2D eigenvalue weighted by atomic mass is 10.2. The molecule has 0 spiro atoms. The highest BCUT2D eigenvalue weighted by atomic mass is 19.1. The van der Waals surface area contributed by atoms with E-state index in [0.717, 1.165) is 17.9 Å². The maximum absolute atomic E-state index is 13.9. The Hall–Kier alpha value is -1.94. The average Bonchev–Trinajstić information content (AvgIpc) is 2.51. The summed E-state index contributed by atoms with van der Waals surface area (Å²) in [6, 6.07) is 11.0. The van der Waals surface area contributed by atoms with Gasteiger partial charge in [-0.3, -0.25) is 4.98 Å². The lowest BCUT2D eigenvalue weighted by Gasteiger charge is -2.24. The smallest absolute Gasteiger partial charge is 0.146 e. The van der Waals surface area contributed by atoms with Gasteiger partial charge in [0.05, 0.1) is 23.3 Å². The predicted octanol–water partition coefficient (Wildman–Crippen LogP) is 4.05. The van der Waals surface area contributed by atoms with Gasteiger partial charge < -0.3 is 10.2 Å². The van der Waals surface area contributed by atoms with Gasteiger partial charge in [-0.05, 0) is 44.7 Å². The van der Waals surface area contributed by atoms with E-state index in [9.17, 15) is 4.39 Å². The van der Waals surface area contributed by atoms with Crippen LogP contribution in [0.1, 0.15) is 32.5 Å². The van der Waals surface area contributed by atoms with Crippen LogP contribution in [-0.4, -0.2) is 18.1 Å². The van der Waals surface area contributed by atoms with Gasteiger partial charge in [0.15, 0.2) is 0 Å². The number of hydrogen-bond donors (Lipinski definition) is 1. The van der Waals surface area contributed by atoms with Crippen molar-refractivity contribution in [1.29, 1.82) is 0 Å². The van der Waals surface area contributed by atoms with Crippen molar-refractivity contribution in [2.45, 2.75) is 26.8 Å². The van der Waals surface area contributed by atoms with Crippen LogP contribution in [0.4, 0.5) is 15.8 Å². The monoisotopic (exact) mass is 287 g/mol. The summed E-state index contributed by atoms with van der Waals surface area (Å²) >= 11 is 0. The molecule has 3 nitrogen and oxygen atoms in total. The second-order valence-electron chi connectivity index (χ2n) is 4.92. The first kappa shape index (κ1) is 15.4. The molecule has 0 bridgehead atoms. The number of pyridine rings is 1. The fraction of sp³-hybridized carbons (Fsp3) is 0.353. The minimum atomic E-state index is -0.218. The Morgan fingerprint density at radius 1 is 1.19 bits per heavy atom. The Bertz CT molecular complexity index is 569. The third kappa shape index (κ3) is 3.58. The van der Waals surface area contributed by atoms with Crippen LogP contribution in [0.2, 0.25) is 0 Å². The van der Waals surface area contributed by atoms with Crippen molar-refractivity contribution in [3.05, 3.63) is 54.1 Å². The fourth-order valence-corrected chi connectivity index (χ4v) is 2.39. The van der Waals surface area contributed by atoms with E-state index in [2.05, 4.69) is 24.1 Å². The van der Waals surface area contributed by atoms with Crippen molar-refractivity contribution in [2.75, 3.05) is 18.0 Å². The Labute approximate surface area is 125 Å². The van der Waals surface area contributed by atoms with E-state index in [0.29, 0.717) is 12.2 Å². The van der Waals surface area contributed by atoms with Crippen molar-refractivity contribution >= 4 is 11.4 Å². The molecule has 1 unspecified atom stereocenters. The quantitative estimate of drug-likeness (QED) is 0.868. The molecule has 21 heavy (non-hydrogen) atoms. The third-order valence-electron chi connectivity index (χ3n) is 3.50. The summed E-state index contributed by atoms with van der Waals surface area (Å²) in [5.41, 5.74) is 2.47. The maximum Gasteiger partial charge on any atom is 0.146 e. The van der Waals surface area contributed by atoms with Gasteiger partial charge in [0.25, 0.3) is 0 Å². The van der Waals surface area contributed by atoms with Gasteiger partial charge in [0.1, 0.15) is 5.82 Å². The SMILES string of the molecule is CCNC(C)c1ccc(N(CC)c2ccccc2F)cn1. The van der Waals surface area contributed by atoms with Crippen LogP contribution in [0.25, 0.3) is 0 Å². The molecule has 112 valence electrons. The average molecular weight is 287 g/mol. The van der Waals surface area contributed by atoms with Crippen LogP contribution in [-0.2, 0) is 0 Å². The molecule has 1 heterocycles. The molecule has 2 rings (SSSR count). The Morgan fingerprint density at radius 2 is 1.95 bits per heavy atom. The van der Waals surface area contributed by atoms with Gasteiger partial charge >= 0.3 is 0 Å². The zero-order valence-corrected chi connectivity index (χ0v) is 12.8. The topological polar surface area (TPSA) is 28.2 Å². The molecule has 1 N–H and O–H groups in total. The zero-order valence-electron chi connectivity index (χ0n) is 12.8. The highest BCUT2D eigenvalue weighted by Gasteiger charge is 2.12. The molecule has 0 fully saturated rings. The summed E-state index contributed by atoms with van der Waals surface area (Å²) in [6.45, 7) is 7.75. The number of benzene rings is 1. The number of para-hydroxylation sites is 1. The molecule has 0 radical (unpaired) electrons. The van der Waals surface area contributed by atoms with Gasteiger partial charge in [-0.2, -0.15) is 0 Å². The normalized spacial score (nSPS) is 12.2. The zero-order chi connectivity index (χ0) is 15.2. The Kier molecular flexibility index (Phi) is 5.28. The molecule has 1 atom stereocenters. The highest BCUT2D eigenvalue weighted by molar-refractivity contribution is 5.62. The molecular weight excluding hydrogens is 265 g/mol. The number of hydrogen-bond acceptors (Lipinski definition) is 3. The van der Waals surface area contributed by atoms with Crippen LogP contribution in [0.5, 0.6) is 0 Å². The molecule has 1 aromatic heterocycles. The van der Waals surface area contributed by atoms with E-state index in [1.54, 1.807) is 18.3 Å². The van der Waals surface area contributed by atoms with E-state index >= 15 is 0 Å². The largest absolute Gasteiger partial charge is 0.338 e. The number of aromatic nitrogens is 1. The molecule has 1 aromatic carbocycles. The molecule has 2 aromatic rings. The first-order chi connectivity index (χ1) is 10.2. The summed E-state index contributed by atoms with van der Waals surface area (Å²) in [5, 5.41) is 3.33. The molecule has 0 amide bonds. The van der Waals surface area contributed by atoms with Crippen molar-refractivity contribution in [3.8, 4) is 0 Å². The summed E-state index contributed by atoms with van der Waals surface area (Å²) in [5.74, 6) is -0.218. The Morgan fingerprint density at radius 3 is 2.52 bits per heavy atom. The highest BCUT2D eigenvalue weighted by Crippen LogP contribution is 2.27. The summed E-state index contributed by atoms with van der Waals surface area (Å²) in [4.78, 5) is 6.42. The van der Waals surface area contributed by atoms with E-state index in [1.807, 2.05) is 30.0 Å². The third-order valence-corrected chi connectivity index (χ3v) is 3.50. The Balaban J connectivity index is 2.26. The summed E-state index contributed by atoms with van der Waals surface area (Å²) in [6.07, 6.45) is 1.80. The molecular formula is C17H22FN3. The van der Waals surface area contributed by atoms with Crippen LogP contribution in [0.15, 0.2) is 42.6 Å². The van der Waals surface area contributed by atoms with E-state index in [-0.39, 0.29) is 11.9 Å². The van der Waals surface area contributed by atoms with Gasteiger partial charge in [0.2, 0.25) is 0 Å². The second kappa shape index (κ2) is 7.18. The molecule has 0 saturated heterocycles. The van der Waals surface area contributed by atoms with Crippen LogP contribution < -0.4 is 10.2 Å².